The first kappa shape index (κ1) is 15.4. The fourth-order valence-electron chi connectivity index (χ4n) is 1.50. The third-order valence-corrected chi connectivity index (χ3v) is 2.16. The molecule has 1 atom stereocenters. The van der Waals surface area contributed by atoms with Gasteiger partial charge in [0.05, 0.1) is 12.2 Å². The topological polar surface area (TPSA) is 83.4 Å². The zero-order chi connectivity index (χ0) is 14.4. The minimum absolute atomic E-state index is 0.00759. The standard InChI is InChI=1S/C12H23N5O2/c1-6-13-10-14-11(17(5)7-9(4)18)16-12(15-10)19-8(2)3/h8-9,18H,6-7H2,1-5H3,(H,13,14,15,16). The highest BCUT2D eigenvalue weighted by Crippen LogP contribution is 2.15. The van der Waals surface area contributed by atoms with E-state index in [4.69, 9.17) is 4.74 Å². The van der Waals surface area contributed by atoms with Gasteiger partial charge in [-0.1, -0.05) is 0 Å². The molecule has 1 rings (SSSR count). The number of aliphatic hydroxyl groups is 1. The SMILES string of the molecule is CCNc1nc(OC(C)C)nc(N(C)CC(C)O)n1. The van der Waals surface area contributed by atoms with E-state index < -0.39 is 6.10 Å². The van der Waals surface area contributed by atoms with Gasteiger partial charge in [0.25, 0.3) is 0 Å². The Kier molecular flexibility index (Phi) is 5.75. The van der Waals surface area contributed by atoms with Crippen LogP contribution in [-0.4, -0.2) is 52.4 Å². The molecule has 0 aliphatic heterocycles. The van der Waals surface area contributed by atoms with Gasteiger partial charge in [-0.3, -0.25) is 0 Å². The second kappa shape index (κ2) is 7.08. The molecule has 108 valence electrons. The zero-order valence-electron chi connectivity index (χ0n) is 12.2. The maximum Gasteiger partial charge on any atom is 0.323 e. The summed E-state index contributed by atoms with van der Waals surface area (Å²) < 4.78 is 5.51. The van der Waals surface area contributed by atoms with Crippen LogP contribution in [0.2, 0.25) is 0 Å². The number of likely N-dealkylation sites (N-methyl/N-ethyl adjacent to an activating group) is 1. The average molecular weight is 269 g/mol. The molecular weight excluding hydrogens is 246 g/mol. The molecule has 19 heavy (non-hydrogen) atoms. The van der Waals surface area contributed by atoms with Gasteiger partial charge in [-0.2, -0.15) is 15.0 Å². The predicted molar refractivity (Wildman–Crippen MR) is 74.7 cm³/mol. The number of aromatic nitrogens is 3. The van der Waals surface area contributed by atoms with E-state index in [0.29, 0.717) is 25.0 Å². The summed E-state index contributed by atoms with van der Waals surface area (Å²) in [5.74, 6) is 0.947. The maximum absolute atomic E-state index is 9.41. The lowest BCUT2D eigenvalue weighted by Gasteiger charge is -2.20. The van der Waals surface area contributed by atoms with Crippen molar-refractivity contribution in [3.8, 4) is 6.01 Å². The predicted octanol–water partition coefficient (Wildman–Crippen LogP) is 0.908. The smallest absolute Gasteiger partial charge is 0.323 e. The second-order valence-corrected chi connectivity index (χ2v) is 4.67. The summed E-state index contributed by atoms with van der Waals surface area (Å²) in [6.45, 7) is 8.66. The van der Waals surface area contributed by atoms with Gasteiger partial charge in [-0.15, -0.1) is 0 Å². The van der Waals surface area contributed by atoms with Crippen LogP contribution in [0.15, 0.2) is 0 Å². The third kappa shape index (κ3) is 5.25. The molecule has 1 unspecified atom stereocenters. The highest BCUT2D eigenvalue weighted by atomic mass is 16.5. The molecule has 0 radical (unpaired) electrons. The number of nitrogens with zero attached hydrogens (tertiary/aromatic N) is 4. The Bertz CT molecular complexity index is 398. The van der Waals surface area contributed by atoms with E-state index >= 15 is 0 Å². The first-order chi connectivity index (χ1) is 8.92. The molecule has 0 amide bonds. The van der Waals surface area contributed by atoms with E-state index in [1.165, 1.54) is 0 Å². The number of ether oxygens (including phenoxy) is 1. The van der Waals surface area contributed by atoms with Crippen molar-refractivity contribution in [2.75, 3.05) is 30.4 Å². The summed E-state index contributed by atoms with van der Waals surface area (Å²) in [4.78, 5) is 14.5. The van der Waals surface area contributed by atoms with Gasteiger partial charge in [0.1, 0.15) is 0 Å². The van der Waals surface area contributed by atoms with Crippen molar-refractivity contribution >= 4 is 11.9 Å². The molecule has 0 fully saturated rings. The molecule has 2 N–H and O–H groups in total. The first-order valence-electron chi connectivity index (χ1n) is 6.48. The summed E-state index contributed by atoms with van der Waals surface area (Å²) in [6, 6.07) is 0.286. The van der Waals surface area contributed by atoms with E-state index in [-0.39, 0.29) is 12.1 Å². The number of rotatable bonds is 7. The summed E-state index contributed by atoms with van der Waals surface area (Å²) in [5.41, 5.74) is 0. The lowest BCUT2D eigenvalue weighted by Crippen LogP contribution is -2.29. The van der Waals surface area contributed by atoms with Gasteiger partial charge in [0, 0.05) is 20.1 Å². The van der Waals surface area contributed by atoms with E-state index in [1.807, 2.05) is 27.8 Å². The Labute approximate surface area is 114 Å². The van der Waals surface area contributed by atoms with Gasteiger partial charge < -0.3 is 20.1 Å². The van der Waals surface area contributed by atoms with Crippen LogP contribution >= 0.6 is 0 Å². The average Bonchev–Trinajstić information content (AvgIpc) is 2.27. The number of hydrogen-bond donors (Lipinski definition) is 2. The molecule has 7 nitrogen and oxygen atoms in total. The van der Waals surface area contributed by atoms with Crippen LogP contribution in [0.3, 0.4) is 0 Å². The van der Waals surface area contributed by atoms with Crippen molar-refractivity contribution < 1.29 is 9.84 Å². The Balaban J connectivity index is 2.97. The van der Waals surface area contributed by atoms with Gasteiger partial charge in [-0.05, 0) is 27.7 Å². The van der Waals surface area contributed by atoms with Crippen molar-refractivity contribution in [3.05, 3.63) is 0 Å². The summed E-state index contributed by atoms with van der Waals surface area (Å²) >= 11 is 0. The maximum atomic E-state index is 9.41. The highest BCUT2D eigenvalue weighted by Gasteiger charge is 2.13. The van der Waals surface area contributed by atoms with E-state index in [2.05, 4.69) is 20.3 Å². The van der Waals surface area contributed by atoms with Crippen LogP contribution in [0.25, 0.3) is 0 Å². The first-order valence-corrected chi connectivity index (χ1v) is 6.48. The monoisotopic (exact) mass is 269 g/mol. The van der Waals surface area contributed by atoms with Gasteiger partial charge in [-0.25, -0.2) is 0 Å². The second-order valence-electron chi connectivity index (χ2n) is 4.67. The summed E-state index contributed by atoms with van der Waals surface area (Å²) in [6.07, 6.45) is -0.467. The van der Waals surface area contributed by atoms with Crippen molar-refractivity contribution in [3.63, 3.8) is 0 Å². The summed E-state index contributed by atoms with van der Waals surface area (Å²) in [7, 11) is 1.82. The molecule has 1 aromatic heterocycles. The van der Waals surface area contributed by atoms with Crippen LogP contribution in [0, 0.1) is 0 Å². The largest absolute Gasteiger partial charge is 0.461 e. The Morgan fingerprint density at radius 3 is 2.47 bits per heavy atom. The summed E-state index contributed by atoms with van der Waals surface area (Å²) in [5, 5.41) is 12.5. The molecule has 0 aliphatic rings. The normalized spacial score (nSPS) is 12.4. The molecule has 7 heteroatoms. The fourth-order valence-corrected chi connectivity index (χ4v) is 1.50. The minimum Gasteiger partial charge on any atom is -0.461 e. The number of anilines is 2. The molecule has 1 heterocycles. The number of nitrogens with one attached hydrogen (secondary N) is 1. The third-order valence-electron chi connectivity index (χ3n) is 2.16. The quantitative estimate of drug-likeness (QED) is 0.761. The molecule has 0 saturated heterocycles. The molecule has 0 bridgehead atoms. The van der Waals surface area contributed by atoms with Gasteiger partial charge in [0.15, 0.2) is 0 Å². The Morgan fingerprint density at radius 1 is 1.26 bits per heavy atom. The van der Waals surface area contributed by atoms with Crippen molar-refractivity contribution in [2.45, 2.75) is 39.9 Å². The molecule has 0 spiro atoms. The van der Waals surface area contributed by atoms with Crippen molar-refractivity contribution in [1.82, 2.24) is 15.0 Å². The number of aliphatic hydroxyl groups excluding tert-OH is 1. The Hall–Kier alpha value is -1.63. The molecule has 0 aliphatic carbocycles. The van der Waals surface area contributed by atoms with Crippen LogP contribution in [0.1, 0.15) is 27.7 Å². The minimum atomic E-state index is -0.459. The van der Waals surface area contributed by atoms with E-state index in [0.717, 1.165) is 0 Å². The zero-order valence-corrected chi connectivity index (χ0v) is 12.2. The number of hydrogen-bond acceptors (Lipinski definition) is 7. The molecule has 0 saturated carbocycles. The van der Waals surface area contributed by atoms with Crippen LogP contribution in [0.4, 0.5) is 11.9 Å². The van der Waals surface area contributed by atoms with Crippen LogP contribution in [0.5, 0.6) is 6.01 Å². The fraction of sp³-hybridized carbons (Fsp3) is 0.750. The highest BCUT2D eigenvalue weighted by molar-refractivity contribution is 5.37. The Morgan fingerprint density at radius 2 is 1.95 bits per heavy atom. The van der Waals surface area contributed by atoms with Gasteiger partial charge in [0.2, 0.25) is 11.9 Å². The lowest BCUT2D eigenvalue weighted by molar-refractivity contribution is 0.200. The molecular formula is C12H23N5O2. The lowest BCUT2D eigenvalue weighted by atomic mass is 10.4. The van der Waals surface area contributed by atoms with Crippen molar-refractivity contribution in [2.24, 2.45) is 0 Å². The van der Waals surface area contributed by atoms with Crippen LogP contribution < -0.4 is 15.0 Å². The van der Waals surface area contributed by atoms with E-state index in [1.54, 1.807) is 11.8 Å². The van der Waals surface area contributed by atoms with Gasteiger partial charge >= 0.3 is 6.01 Å². The molecule has 0 aromatic carbocycles. The van der Waals surface area contributed by atoms with Crippen LogP contribution in [-0.2, 0) is 0 Å². The molecule has 1 aromatic rings. The van der Waals surface area contributed by atoms with E-state index in [9.17, 15) is 5.11 Å². The van der Waals surface area contributed by atoms with Crippen molar-refractivity contribution in [1.29, 1.82) is 0 Å².